The molecular weight excluding hydrogens is 851 g/mol. The van der Waals surface area contributed by atoms with Gasteiger partial charge < -0.3 is 40.3 Å². The first-order valence-electron chi connectivity index (χ1n) is 26.8. The normalized spacial score (nSPS) is 20.6. The van der Waals surface area contributed by atoms with Crippen LogP contribution in [0.25, 0.3) is 0 Å². The number of aliphatic hydroxyl groups is 5. The number of unbranched alkanes of at least 4 members (excludes halogenated alkanes) is 15. The van der Waals surface area contributed by atoms with E-state index < -0.39 is 49.5 Å². The SMILES string of the molecule is CC/C=C\C/C=C\C/C=C\C/C=C\C/C=C\C/C=C\C/C=C\C/C=C\C/C=C\CCCCCCCCCCCCCC(=O)NC(COC1OC(CO)C(O)C(O)C1O)C(O)/C=C/CCCCCC. The third-order valence-corrected chi connectivity index (χ3v) is 11.8. The van der Waals surface area contributed by atoms with Crippen molar-refractivity contribution in [3.63, 3.8) is 0 Å². The maximum absolute atomic E-state index is 12.9. The number of amides is 1. The second kappa shape index (κ2) is 47.3. The van der Waals surface area contributed by atoms with Gasteiger partial charge in [0.1, 0.15) is 24.4 Å². The summed E-state index contributed by atoms with van der Waals surface area (Å²) < 4.78 is 11.1. The van der Waals surface area contributed by atoms with Gasteiger partial charge >= 0.3 is 0 Å². The van der Waals surface area contributed by atoms with Gasteiger partial charge in [0.15, 0.2) is 6.29 Å². The molecule has 1 aliphatic rings. The van der Waals surface area contributed by atoms with Crippen LogP contribution in [0.3, 0.4) is 0 Å². The Hall–Kier alpha value is -3.41. The molecule has 0 aromatic heterocycles. The van der Waals surface area contributed by atoms with Gasteiger partial charge in [-0.1, -0.05) is 212 Å². The minimum absolute atomic E-state index is 0.192. The van der Waals surface area contributed by atoms with Crippen molar-refractivity contribution in [3.8, 4) is 0 Å². The van der Waals surface area contributed by atoms with Crippen LogP contribution in [0.1, 0.15) is 187 Å². The standard InChI is InChI=1S/C59H97NO8/c1-3-5-7-9-11-12-13-14-15-16-17-18-19-20-21-22-23-24-25-26-27-28-29-30-31-32-33-34-35-36-37-38-39-40-41-42-43-45-47-49-55(63)60-52(53(62)48-46-44-10-8-6-4-2)51-67-59-58(66)57(65)56(64)54(50-61)68-59/h5,7,11-12,14-15,17-18,20-21,23-24,26-27,29-30,32-33,46,48,52-54,56-59,61-62,64-66H,3-4,6,8-10,13,16,19,22,25,28,31,34-45,47,49-51H2,1-2H3,(H,60,63)/b7-5-,12-11-,15-14-,18-17-,21-20-,24-23-,27-26-,30-29-,33-32-,48-46+. The minimum Gasteiger partial charge on any atom is -0.394 e. The molecule has 1 aliphatic heterocycles. The van der Waals surface area contributed by atoms with E-state index in [0.29, 0.717) is 6.42 Å². The Morgan fingerprint density at radius 1 is 0.515 bits per heavy atom. The van der Waals surface area contributed by atoms with E-state index in [-0.39, 0.29) is 12.5 Å². The van der Waals surface area contributed by atoms with Crippen molar-refractivity contribution in [1.29, 1.82) is 0 Å². The highest BCUT2D eigenvalue weighted by Crippen LogP contribution is 2.22. The Balaban J connectivity index is 2.07. The third-order valence-electron chi connectivity index (χ3n) is 11.8. The van der Waals surface area contributed by atoms with Crippen molar-refractivity contribution in [1.82, 2.24) is 5.32 Å². The maximum atomic E-state index is 12.9. The van der Waals surface area contributed by atoms with Crippen molar-refractivity contribution in [2.45, 2.75) is 230 Å². The van der Waals surface area contributed by atoms with Gasteiger partial charge in [0.05, 0.1) is 25.4 Å². The lowest BCUT2D eigenvalue weighted by atomic mass is 9.99. The quantitative estimate of drug-likeness (QED) is 0.0261. The number of hydrogen-bond donors (Lipinski definition) is 6. The molecule has 0 saturated carbocycles. The van der Waals surface area contributed by atoms with Gasteiger partial charge in [-0.25, -0.2) is 0 Å². The summed E-state index contributed by atoms with van der Waals surface area (Å²) in [5, 5.41) is 53.9. The number of aliphatic hydroxyl groups excluding tert-OH is 5. The molecule has 0 aromatic rings. The highest BCUT2D eigenvalue weighted by Gasteiger charge is 2.44. The smallest absolute Gasteiger partial charge is 0.220 e. The van der Waals surface area contributed by atoms with Crippen LogP contribution in [0.15, 0.2) is 122 Å². The molecule has 7 unspecified atom stereocenters. The summed E-state index contributed by atoms with van der Waals surface area (Å²) in [5.74, 6) is -0.192. The molecular formula is C59H97NO8. The monoisotopic (exact) mass is 948 g/mol. The van der Waals surface area contributed by atoms with E-state index >= 15 is 0 Å². The summed E-state index contributed by atoms with van der Waals surface area (Å²) >= 11 is 0. The van der Waals surface area contributed by atoms with Gasteiger partial charge in [0.25, 0.3) is 0 Å². The second-order valence-electron chi connectivity index (χ2n) is 17.9. The van der Waals surface area contributed by atoms with Gasteiger partial charge in [0, 0.05) is 6.42 Å². The lowest BCUT2D eigenvalue weighted by molar-refractivity contribution is -0.302. The number of allylic oxidation sites excluding steroid dienone is 19. The molecule has 0 aliphatic carbocycles. The van der Waals surface area contributed by atoms with Gasteiger partial charge in [-0.2, -0.15) is 0 Å². The predicted octanol–water partition coefficient (Wildman–Crippen LogP) is 12.8. The molecule has 0 aromatic carbocycles. The van der Waals surface area contributed by atoms with Crippen molar-refractivity contribution in [3.05, 3.63) is 122 Å². The molecule has 6 N–H and O–H groups in total. The molecule has 9 heteroatoms. The van der Waals surface area contributed by atoms with Crippen LogP contribution in [0, 0.1) is 0 Å². The van der Waals surface area contributed by atoms with Crippen LogP contribution < -0.4 is 5.32 Å². The summed E-state index contributed by atoms with van der Waals surface area (Å²) in [6.45, 7) is 3.55. The summed E-state index contributed by atoms with van der Waals surface area (Å²) in [5.41, 5.74) is 0. The van der Waals surface area contributed by atoms with Crippen molar-refractivity contribution in [2.75, 3.05) is 13.2 Å². The van der Waals surface area contributed by atoms with Crippen LogP contribution in [-0.4, -0.2) is 87.5 Å². The molecule has 1 heterocycles. The van der Waals surface area contributed by atoms with Gasteiger partial charge in [-0.3, -0.25) is 4.79 Å². The summed E-state index contributed by atoms with van der Waals surface area (Å²) in [7, 11) is 0. The van der Waals surface area contributed by atoms with E-state index in [0.717, 1.165) is 116 Å². The fourth-order valence-corrected chi connectivity index (χ4v) is 7.56. The van der Waals surface area contributed by atoms with E-state index in [9.17, 15) is 30.3 Å². The summed E-state index contributed by atoms with van der Waals surface area (Å²) in [6.07, 6.45) is 64.5. The zero-order chi connectivity index (χ0) is 49.4. The van der Waals surface area contributed by atoms with Crippen LogP contribution in [0.2, 0.25) is 0 Å². The number of carbonyl (C=O) groups is 1. The van der Waals surface area contributed by atoms with E-state index in [1.54, 1.807) is 6.08 Å². The zero-order valence-electron chi connectivity index (χ0n) is 42.6. The largest absolute Gasteiger partial charge is 0.394 e. The topological polar surface area (TPSA) is 149 Å². The molecule has 386 valence electrons. The first kappa shape index (κ1) is 62.6. The molecule has 7 atom stereocenters. The Bertz CT molecular complexity index is 1470. The molecule has 1 amide bonds. The Kier molecular flexibility index (Phi) is 43.5. The highest BCUT2D eigenvalue weighted by atomic mass is 16.7. The third kappa shape index (κ3) is 36.6. The van der Waals surface area contributed by atoms with Crippen LogP contribution in [0.4, 0.5) is 0 Å². The fraction of sp³-hybridized carbons (Fsp3) is 0.644. The predicted molar refractivity (Wildman–Crippen MR) is 285 cm³/mol. The molecule has 9 nitrogen and oxygen atoms in total. The van der Waals surface area contributed by atoms with Crippen molar-refractivity contribution < 1.29 is 39.8 Å². The Morgan fingerprint density at radius 2 is 0.912 bits per heavy atom. The zero-order valence-corrected chi connectivity index (χ0v) is 42.6. The van der Waals surface area contributed by atoms with Crippen LogP contribution in [-0.2, 0) is 14.3 Å². The highest BCUT2D eigenvalue weighted by molar-refractivity contribution is 5.76. The first-order chi connectivity index (χ1) is 33.3. The average Bonchev–Trinajstić information content (AvgIpc) is 3.34. The number of carbonyl (C=O) groups excluding carboxylic acids is 1. The van der Waals surface area contributed by atoms with Crippen molar-refractivity contribution in [2.24, 2.45) is 0 Å². The minimum atomic E-state index is -1.57. The number of nitrogens with one attached hydrogen (secondary N) is 1. The molecule has 0 spiro atoms. The Morgan fingerprint density at radius 3 is 1.35 bits per heavy atom. The molecule has 0 bridgehead atoms. The fourth-order valence-electron chi connectivity index (χ4n) is 7.56. The van der Waals surface area contributed by atoms with E-state index in [2.05, 4.69) is 129 Å². The van der Waals surface area contributed by atoms with E-state index in [1.807, 2.05) is 6.08 Å². The summed E-state index contributed by atoms with van der Waals surface area (Å²) in [4.78, 5) is 12.9. The van der Waals surface area contributed by atoms with Gasteiger partial charge in [0.2, 0.25) is 5.91 Å². The molecule has 68 heavy (non-hydrogen) atoms. The lowest BCUT2D eigenvalue weighted by Gasteiger charge is -2.40. The van der Waals surface area contributed by atoms with E-state index in [1.165, 1.54) is 51.4 Å². The summed E-state index contributed by atoms with van der Waals surface area (Å²) in [6, 6.07) is -0.810. The number of hydrogen-bond acceptors (Lipinski definition) is 8. The van der Waals surface area contributed by atoms with Crippen molar-refractivity contribution >= 4 is 5.91 Å². The number of ether oxygens (including phenoxy) is 2. The molecule has 1 rings (SSSR count). The number of rotatable bonds is 43. The van der Waals surface area contributed by atoms with Crippen LogP contribution >= 0.6 is 0 Å². The molecule has 1 saturated heterocycles. The molecule has 0 radical (unpaired) electrons. The maximum Gasteiger partial charge on any atom is 0.220 e. The molecule has 1 fully saturated rings. The van der Waals surface area contributed by atoms with Gasteiger partial charge in [-0.05, 0) is 89.9 Å². The first-order valence-corrected chi connectivity index (χ1v) is 26.8. The van der Waals surface area contributed by atoms with E-state index in [4.69, 9.17) is 9.47 Å². The van der Waals surface area contributed by atoms with Gasteiger partial charge in [-0.15, -0.1) is 0 Å². The Labute approximate surface area is 414 Å². The lowest BCUT2D eigenvalue weighted by Crippen LogP contribution is -2.60. The average molecular weight is 948 g/mol. The van der Waals surface area contributed by atoms with Crippen LogP contribution in [0.5, 0.6) is 0 Å². The second-order valence-corrected chi connectivity index (χ2v) is 17.9.